The van der Waals surface area contributed by atoms with Crippen molar-refractivity contribution in [3.05, 3.63) is 0 Å². The standard InChI is InChI=1S/C13H26N2O2S/c1-3-14-11-13(6-7-13)9-12-5-4-8-15(10-12)18(2,16)17/h12,14H,3-11H2,1-2H3. The van der Waals surface area contributed by atoms with Gasteiger partial charge in [0.05, 0.1) is 6.26 Å². The lowest BCUT2D eigenvalue weighted by Gasteiger charge is -2.33. The Hall–Kier alpha value is -0.130. The van der Waals surface area contributed by atoms with Gasteiger partial charge in [-0.15, -0.1) is 0 Å². The molecule has 106 valence electrons. The van der Waals surface area contributed by atoms with Crippen molar-refractivity contribution >= 4 is 10.0 Å². The molecule has 1 N–H and O–H groups in total. The van der Waals surface area contributed by atoms with Crippen LogP contribution in [0, 0.1) is 11.3 Å². The van der Waals surface area contributed by atoms with Crippen LogP contribution < -0.4 is 5.32 Å². The van der Waals surface area contributed by atoms with E-state index in [1.807, 2.05) is 0 Å². The first-order chi connectivity index (χ1) is 8.45. The molecule has 2 fully saturated rings. The fraction of sp³-hybridized carbons (Fsp3) is 1.00. The van der Waals surface area contributed by atoms with Crippen molar-refractivity contribution in [3.63, 3.8) is 0 Å². The molecule has 1 saturated carbocycles. The largest absolute Gasteiger partial charge is 0.316 e. The zero-order chi connectivity index (χ0) is 13.2. The summed E-state index contributed by atoms with van der Waals surface area (Å²) < 4.78 is 24.9. The van der Waals surface area contributed by atoms with Crippen LogP contribution in [0.15, 0.2) is 0 Å². The first-order valence-corrected chi connectivity index (χ1v) is 8.96. The summed E-state index contributed by atoms with van der Waals surface area (Å²) in [5.41, 5.74) is 0.487. The number of nitrogens with one attached hydrogen (secondary N) is 1. The average Bonchev–Trinajstić information content (AvgIpc) is 3.06. The van der Waals surface area contributed by atoms with Crippen LogP contribution >= 0.6 is 0 Å². The van der Waals surface area contributed by atoms with E-state index in [-0.39, 0.29) is 0 Å². The molecule has 1 atom stereocenters. The Bertz CT molecular complexity index is 376. The van der Waals surface area contributed by atoms with Crippen molar-refractivity contribution in [2.24, 2.45) is 11.3 Å². The number of piperidine rings is 1. The number of hydrogen-bond donors (Lipinski definition) is 1. The highest BCUT2D eigenvalue weighted by Crippen LogP contribution is 2.51. The molecule has 2 aliphatic rings. The number of hydrogen-bond acceptors (Lipinski definition) is 3. The Kier molecular flexibility index (Phi) is 4.34. The molecule has 0 spiro atoms. The van der Waals surface area contributed by atoms with Gasteiger partial charge in [0.1, 0.15) is 0 Å². The van der Waals surface area contributed by atoms with Gasteiger partial charge in [-0.05, 0) is 50.0 Å². The smallest absolute Gasteiger partial charge is 0.211 e. The van der Waals surface area contributed by atoms with E-state index < -0.39 is 10.0 Å². The van der Waals surface area contributed by atoms with Crippen molar-refractivity contribution in [2.45, 2.75) is 39.0 Å². The van der Waals surface area contributed by atoms with E-state index in [0.29, 0.717) is 11.3 Å². The highest BCUT2D eigenvalue weighted by molar-refractivity contribution is 7.88. The Balaban J connectivity index is 1.86. The molecule has 1 heterocycles. The molecular formula is C13H26N2O2S. The maximum absolute atomic E-state index is 11.6. The topological polar surface area (TPSA) is 49.4 Å². The molecule has 1 aliphatic carbocycles. The van der Waals surface area contributed by atoms with Gasteiger partial charge in [-0.3, -0.25) is 0 Å². The van der Waals surface area contributed by atoms with Crippen molar-refractivity contribution in [3.8, 4) is 0 Å². The molecular weight excluding hydrogens is 248 g/mol. The molecule has 2 rings (SSSR count). The summed E-state index contributed by atoms with van der Waals surface area (Å²) in [5.74, 6) is 0.564. The Morgan fingerprint density at radius 2 is 2.11 bits per heavy atom. The third-order valence-corrected chi connectivity index (χ3v) is 5.65. The zero-order valence-corrected chi connectivity index (χ0v) is 12.4. The minimum atomic E-state index is -2.99. The van der Waals surface area contributed by atoms with Crippen LogP contribution in [0.5, 0.6) is 0 Å². The Labute approximate surface area is 111 Å². The van der Waals surface area contributed by atoms with E-state index >= 15 is 0 Å². The first kappa shape index (κ1) is 14.3. The quantitative estimate of drug-likeness (QED) is 0.797. The number of rotatable bonds is 6. The van der Waals surface area contributed by atoms with E-state index in [2.05, 4.69) is 12.2 Å². The SMILES string of the molecule is CCNCC1(CC2CCCN(S(C)(=O)=O)C2)CC1. The van der Waals surface area contributed by atoms with Gasteiger partial charge >= 0.3 is 0 Å². The Morgan fingerprint density at radius 3 is 2.67 bits per heavy atom. The summed E-state index contributed by atoms with van der Waals surface area (Å²) in [6.07, 6.45) is 7.38. The lowest BCUT2D eigenvalue weighted by molar-refractivity contribution is 0.220. The molecule has 0 aromatic rings. The van der Waals surface area contributed by atoms with Gasteiger partial charge in [0.25, 0.3) is 0 Å². The van der Waals surface area contributed by atoms with Crippen molar-refractivity contribution < 1.29 is 8.42 Å². The maximum atomic E-state index is 11.6. The van der Waals surface area contributed by atoms with Gasteiger partial charge in [0, 0.05) is 19.6 Å². The zero-order valence-electron chi connectivity index (χ0n) is 11.6. The van der Waals surface area contributed by atoms with Crippen molar-refractivity contribution in [1.29, 1.82) is 0 Å². The Morgan fingerprint density at radius 1 is 1.39 bits per heavy atom. The van der Waals surface area contributed by atoms with Crippen LogP contribution in [-0.2, 0) is 10.0 Å². The van der Waals surface area contributed by atoms with Gasteiger partial charge in [0.2, 0.25) is 10.0 Å². The first-order valence-electron chi connectivity index (χ1n) is 7.11. The van der Waals surface area contributed by atoms with Crippen LogP contribution in [0.4, 0.5) is 0 Å². The normalized spacial score (nSPS) is 28.2. The fourth-order valence-corrected chi connectivity index (χ4v) is 4.07. The number of sulfonamides is 1. The third kappa shape index (κ3) is 3.68. The molecule has 4 nitrogen and oxygen atoms in total. The van der Waals surface area contributed by atoms with E-state index in [4.69, 9.17) is 0 Å². The highest BCUT2D eigenvalue weighted by atomic mass is 32.2. The molecule has 1 aliphatic heterocycles. The van der Waals surface area contributed by atoms with Gasteiger partial charge in [-0.25, -0.2) is 12.7 Å². The molecule has 1 saturated heterocycles. The summed E-state index contributed by atoms with van der Waals surface area (Å²) in [6, 6.07) is 0. The van der Waals surface area contributed by atoms with Crippen molar-refractivity contribution in [1.82, 2.24) is 9.62 Å². The summed E-state index contributed by atoms with van der Waals surface area (Å²) >= 11 is 0. The molecule has 1 unspecified atom stereocenters. The second-order valence-corrected chi connectivity index (χ2v) is 8.10. The molecule has 5 heteroatoms. The summed E-state index contributed by atoms with van der Waals surface area (Å²) in [7, 11) is -2.99. The van der Waals surface area contributed by atoms with E-state index in [9.17, 15) is 8.42 Å². The average molecular weight is 274 g/mol. The monoisotopic (exact) mass is 274 g/mol. The van der Waals surface area contributed by atoms with Crippen LogP contribution in [0.2, 0.25) is 0 Å². The highest BCUT2D eigenvalue weighted by Gasteiger charge is 2.44. The molecule has 18 heavy (non-hydrogen) atoms. The predicted molar refractivity (Wildman–Crippen MR) is 74.0 cm³/mol. The maximum Gasteiger partial charge on any atom is 0.211 e. The van der Waals surface area contributed by atoms with Gasteiger partial charge in [-0.1, -0.05) is 6.92 Å². The second kappa shape index (κ2) is 5.47. The predicted octanol–water partition coefficient (Wildman–Crippen LogP) is 1.44. The minimum absolute atomic E-state index is 0.487. The summed E-state index contributed by atoms with van der Waals surface area (Å²) in [6.45, 7) is 5.74. The molecule has 0 aromatic carbocycles. The van der Waals surface area contributed by atoms with Gasteiger partial charge in [0.15, 0.2) is 0 Å². The van der Waals surface area contributed by atoms with E-state index in [0.717, 1.165) is 32.6 Å². The molecule has 0 amide bonds. The van der Waals surface area contributed by atoms with Crippen LogP contribution in [0.3, 0.4) is 0 Å². The lowest BCUT2D eigenvalue weighted by Crippen LogP contribution is -2.40. The third-order valence-electron chi connectivity index (χ3n) is 4.38. The fourth-order valence-electron chi connectivity index (χ4n) is 3.13. The minimum Gasteiger partial charge on any atom is -0.316 e. The van der Waals surface area contributed by atoms with Gasteiger partial charge in [-0.2, -0.15) is 0 Å². The van der Waals surface area contributed by atoms with Crippen molar-refractivity contribution in [2.75, 3.05) is 32.4 Å². The van der Waals surface area contributed by atoms with Crippen LogP contribution in [0.25, 0.3) is 0 Å². The van der Waals surface area contributed by atoms with Crippen LogP contribution in [0.1, 0.15) is 39.0 Å². The lowest BCUT2D eigenvalue weighted by atomic mass is 9.87. The second-order valence-electron chi connectivity index (χ2n) is 6.11. The van der Waals surface area contributed by atoms with Crippen LogP contribution in [-0.4, -0.2) is 45.2 Å². The van der Waals surface area contributed by atoms with Gasteiger partial charge < -0.3 is 5.32 Å². The van der Waals surface area contributed by atoms with E-state index in [1.165, 1.54) is 31.9 Å². The molecule has 0 radical (unpaired) electrons. The number of nitrogens with zero attached hydrogens (tertiary/aromatic N) is 1. The molecule has 0 aromatic heterocycles. The van der Waals surface area contributed by atoms with E-state index in [1.54, 1.807) is 4.31 Å². The molecule has 0 bridgehead atoms. The summed E-state index contributed by atoms with van der Waals surface area (Å²) in [5, 5.41) is 3.45. The summed E-state index contributed by atoms with van der Waals surface area (Å²) in [4.78, 5) is 0.